The SMILES string of the molecule is CC1=NCC2C=CC=CC2=N1. The highest BCUT2D eigenvalue weighted by molar-refractivity contribution is 6.07. The van der Waals surface area contributed by atoms with Gasteiger partial charge in [-0.25, -0.2) is 4.99 Å². The van der Waals surface area contributed by atoms with E-state index in [0.717, 1.165) is 18.1 Å². The molecule has 0 aromatic carbocycles. The Morgan fingerprint density at radius 1 is 1.45 bits per heavy atom. The average molecular weight is 146 g/mol. The molecule has 2 heteroatoms. The third-order valence-corrected chi connectivity index (χ3v) is 1.91. The maximum atomic E-state index is 4.33. The minimum absolute atomic E-state index is 0.434. The Morgan fingerprint density at radius 2 is 2.36 bits per heavy atom. The van der Waals surface area contributed by atoms with Crippen molar-refractivity contribution < 1.29 is 0 Å². The van der Waals surface area contributed by atoms with Crippen LogP contribution in [0.25, 0.3) is 0 Å². The number of allylic oxidation sites excluding steroid dienone is 3. The van der Waals surface area contributed by atoms with Gasteiger partial charge in [-0.2, -0.15) is 0 Å². The topological polar surface area (TPSA) is 24.7 Å². The summed E-state index contributed by atoms with van der Waals surface area (Å²) in [4.78, 5) is 8.59. The van der Waals surface area contributed by atoms with Gasteiger partial charge >= 0.3 is 0 Å². The van der Waals surface area contributed by atoms with E-state index in [2.05, 4.69) is 28.2 Å². The molecule has 0 saturated heterocycles. The summed E-state index contributed by atoms with van der Waals surface area (Å²) in [7, 11) is 0. The first-order chi connectivity index (χ1) is 5.36. The number of rotatable bonds is 0. The number of aliphatic imine (C=N–C) groups is 2. The van der Waals surface area contributed by atoms with Crippen LogP contribution in [0.1, 0.15) is 6.92 Å². The van der Waals surface area contributed by atoms with E-state index in [9.17, 15) is 0 Å². The Balaban J connectivity index is 2.33. The van der Waals surface area contributed by atoms with Gasteiger partial charge in [0.15, 0.2) is 0 Å². The third-order valence-electron chi connectivity index (χ3n) is 1.91. The maximum absolute atomic E-state index is 4.33. The summed E-state index contributed by atoms with van der Waals surface area (Å²) in [6.45, 7) is 2.81. The van der Waals surface area contributed by atoms with E-state index in [1.807, 2.05) is 13.0 Å². The lowest BCUT2D eigenvalue weighted by molar-refractivity contribution is 0.846. The predicted molar refractivity (Wildman–Crippen MR) is 47.2 cm³/mol. The highest BCUT2D eigenvalue weighted by Crippen LogP contribution is 2.13. The highest BCUT2D eigenvalue weighted by atomic mass is 14.9. The molecule has 0 fully saturated rings. The van der Waals surface area contributed by atoms with Gasteiger partial charge in [0.2, 0.25) is 0 Å². The molecule has 1 atom stereocenters. The van der Waals surface area contributed by atoms with Crippen molar-refractivity contribution in [2.24, 2.45) is 15.9 Å². The lowest BCUT2D eigenvalue weighted by Gasteiger charge is -2.17. The van der Waals surface area contributed by atoms with E-state index in [0.29, 0.717) is 5.92 Å². The lowest BCUT2D eigenvalue weighted by atomic mass is 9.98. The molecule has 1 aliphatic heterocycles. The molecule has 0 radical (unpaired) electrons. The van der Waals surface area contributed by atoms with Crippen molar-refractivity contribution in [3.8, 4) is 0 Å². The van der Waals surface area contributed by atoms with Gasteiger partial charge in [0.05, 0.1) is 12.3 Å². The Hall–Kier alpha value is -1.18. The molecule has 0 N–H and O–H groups in total. The predicted octanol–water partition coefficient (Wildman–Crippen LogP) is 1.60. The van der Waals surface area contributed by atoms with Crippen LogP contribution in [0.3, 0.4) is 0 Å². The zero-order chi connectivity index (χ0) is 7.68. The summed E-state index contributed by atoms with van der Waals surface area (Å²) in [5, 5.41) is 0. The molecule has 0 bridgehead atoms. The Bertz CT molecular complexity index is 282. The van der Waals surface area contributed by atoms with Crippen molar-refractivity contribution in [2.75, 3.05) is 6.54 Å². The summed E-state index contributed by atoms with van der Waals surface area (Å²) in [6, 6.07) is 0. The van der Waals surface area contributed by atoms with Crippen molar-refractivity contribution in [3.05, 3.63) is 24.3 Å². The third kappa shape index (κ3) is 1.16. The van der Waals surface area contributed by atoms with Crippen LogP contribution >= 0.6 is 0 Å². The molecule has 2 aliphatic rings. The Morgan fingerprint density at radius 3 is 3.27 bits per heavy atom. The van der Waals surface area contributed by atoms with E-state index in [-0.39, 0.29) is 0 Å². The molecule has 0 saturated carbocycles. The largest absolute Gasteiger partial charge is 0.270 e. The van der Waals surface area contributed by atoms with Gasteiger partial charge < -0.3 is 0 Å². The minimum Gasteiger partial charge on any atom is -0.270 e. The van der Waals surface area contributed by atoms with Crippen LogP contribution in [0.15, 0.2) is 34.3 Å². The Kier molecular flexibility index (Phi) is 1.46. The van der Waals surface area contributed by atoms with Gasteiger partial charge in [-0.3, -0.25) is 4.99 Å². The van der Waals surface area contributed by atoms with E-state index < -0.39 is 0 Å². The molecular weight excluding hydrogens is 136 g/mol. The van der Waals surface area contributed by atoms with E-state index in [1.54, 1.807) is 0 Å². The smallest absolute Gasteiger partial charge is 0.120 e. The second-order valence-corrected chi connectivity index (χ2v) is 2.78. The van der Waals surface area contributed by atoms with Crippen LogP contribution in [-0.4, -0.2) is 18.1 Å². The highest BCUT2D eigenvalue weighted by Gasteiger charge is 2.15. The number of nitrogens with zero attached hydrogens (tertiary/aromatic N) is 2. The average Bonchev–Trinajstić information content (AvgIpc) is 2.04. The second-order valence-electron chi connectivity index (χ2n) is 2.78. The van der Waals surface area contributed by atoms with Crippen LogP contribution in [0.4, 0.5) is 0 Å². The lowest BCUT2D eigenvalue weighted by Crippen LogP contribution is -2.20. The van der Waals surface area contributed by atoms with Crippen LogP contribution in [0.2, 0.25) is 0 Å². The summed E-state index contributed by atoms with van der Waals surface area (Å²) in [5.41, 5.74) is 1.15. The first-order valence-corrected chi connectivity index (χ1v) is 3.81. The van der Waals surface area contributed by atoms with Crippen LogP contribution < -0.4 is 0 Å². The fourth-order valence-corrected chi connectivity index (χ4v) is 1.30. The van der Waals surface area contributed by atoms with Gasteiger partial charge in [0.1, 0.15) is 5.84 Å². The van der Waals surface area contributed by atoms with E-state index in [1.165, 1.54) is 0 Å². The summed E-state index contributed by atoms with van der Waals surface area (Å²) in [5.74, 6) is 1.33. The molecule has 1 aliphatic carbocycles. The van der Waals surface area contributed by atoms with Crippen molar-refractivity contribution in [1.82, 2.24) is 0 Å². The minimum atomic E-state index is 0.434. The molecule has 2 rings (SSSR count). The fraction of sp³-hybridized carbons (Fsp3) is 0.333. The van der Waals surface area contributed by atoms with Crippen molar-refractivity contribution in [1.29, 1.82) is 0 Å². The van der Waals surface area contributed by atoms with Gasteiger partial charge in [0, 0.05) is 5.92 Å². The number of hydrogen-bond donors (Lipinski definition) is 0. The molecule has 11 heavy (non-hydrogen) atoms. The van der Waals surface area contributed by atoms with Crippen LogP contribution in [0.5, 0.6) is 0 Å². The molecule has 0 spiro atoms. The monoisotopic (exact) mass is 146 g/mol. The van der Waals surface area contributed by atoms with Gasteiger partial charge in [-0.05, 0) is 13.0 Å². The fourth-order valence-electron chi connectivity index (χ4n) is 1.30. The van der Waals surface area contributed by atoms with Crippen molar-refractivity contribution in [2.45, 2.75) is 6.92 Å². The molecule has 1 unspecified atom stereocenters. The number of fused-ring (bicyclic) bond motifs is 1. The van der Waals surface area contributed by atoms with Gasteiger partial charge in [0.25, 0.3) is 0 Å². The quantitative estimate of drug-likeness (QED) is 0.496. The second kappa shape index (κ2) is 2.46. The normalized spacial score (nSPS) is 27.5. The van der Waals surface area contributed by atoms with Crippen molar-refractivity contribution in [3.63, 3.8) is 0 Å². The van der Waals surface area contributed by atoms with Crippen LogP contribution in [-0.2, 0) is 0 Å². The Labute approximate surface area is 66.1 Å². The summed E-state index contributed by atoms with van der Waals surface area (Å²) >= 11 is 0. The summed E-state index contributed by atoms with van der Waals surface area (Å²) in [6.07, 6.45) is 8.28. The molecule has 0 aromatic rings. The number of hydrogen-bond acceptors (Lipinski definition) is 2. The first-order valence-electron chi connectivity index (χ1n) is 3.81. The molecule has 56 valence electrons. The zero-order valence-electron chi connectivity index (χ0n) is 6.49. The van der Waals surface area contributed by atoms with Gasteiger partial charge in [-0.15, -0.1) is 0 Å². The molecule has 2 nitrogen and oxygen atoms in total. The maximum Gasteiger partial charge on any atom is 0.120 e. The molecular formula is C9H10N2. The van der Waals surface area contributed by atoms with Gasteiger partial charge in [-0.1, -0.05) is 18.2 Å². The van der Waals surface area contributed by atoms with E-state index >= 15 is 0 Å². The first kappa shape index (κ1) is 6.53. The standard InChI is InChI=1S/C9H10N2/c1-7-10-6-8-4-2-3-5-9(8)11-7/h2-5,8H,6H2,1H3. The molecule has 1 heterocycles. The van der Waals surface area contributed by atoms with Crippen molar-refractivity contribution >= 4 is 11.5 Å². The summed E-state index contributed by atoms with van der Waals surface area (Å²) < 4.78 is 0. The number of amidine groups is 1. The van der Waals surface area contributed by atoms with E-state index in [4.69, 9.17) is 0 Å². The van der Waals surface area contributed by atoms with Crippen LogP contribution in [0, 0.1) is 5.92 Å². The molecule has 0 aromatic heterocycles. The molecule has 0 amide bonds. The zero-order valence-corrected chi connectivity index (χ0v) is 6.49.